The Kier molecular flexibility index (Phi) is 8.04. The van der Waals surface area contributed by atoms with Crippen LogP contribution in [-0.2, 0) is 0 Å². The first-order valence-corrected chi connectivity index (χ1v) is 14.2. The number of aromatic nitrogens is 2. The average molecular weight is 544 g/mol. The summed E-state index contributed by atoms with van der Waals surface area (Å²) in [6.45, 7) is 10.3. The van der Waals surface area contributed by atoms with Crippen molar-refractivity contribution in [3.63, 3.8) is 0 Å². The summed E-state index contributed by atoms with van der Waals surface area (Å²) in [5, 5.41) is 29.0. The molecule has 4 aromatic rings. The lowest BCUT2D eigenvalue weighted by atomic mass is 10.2. The van der Waals surface area contributed by atoms with Gasteiger partial charge < -0.3 is 4.90 Å². The molecule has 0 spiro atoms. The molecule has 1 aliphatic rings. The van der Waals surface area contributed by atoms with Gasteiger partial charge in [0, 0.05) is 30.5 Å². The van der Waals surface area contributed by atoms with Crippen LogP contribution in [0.4, 0.5) is 37.9 Å². The van der Waals surface area contributed by atoms with E-state index < -0.39 is 0 Å². The molecule has 2 aromatic heterocycles. The van der Waals surface area contributed by atoms with Gasteiger partial charge in [-0.05, 0) is 86.3 Å². The van der Waals surface area contributed by atoms with Gasteiger partial charge in [-0.25, -0.2) is 0 Å². The molecule has 0 saturated carbocycles. The third-order valence-electron chi connectivity index (χ3n) is 6.08. The Morgan fingerprint density at radius 3 is 2.00 bits per heavy atom. The Morgan fingerprint density at radius 1 is 0.763 bits per heavy atom. The van der Waals surface area contributed by atoms with E-state index in [1.54, 1.807) is 11.3 Å². The monoisotopic (exact) mass is 543 g/mol. The number of hydrogen-bond acceptors (Lipinski definition) is 11. The minimum atomic E-state index is 0.269. The summed E-state index contributed by atoms with van der Waals surface area (Å²) < 4.78 is 4.31. The van der Waals surface area contributed by atoms with Crippen LogP contribution < -0.4 is 4.90 Å². The van der Waals surface area contributed by atoms with Crippen LogP contribution in [-0.4, -0.2) is 22.4 Å². The Labute approximate surface area is 230 Å². The van der Waals surface area contributed by atoms with Gasteiger partial charge in [0.05, 0.1) is 27.8 Å². The molecule has 1 fully saturated rings. The molecule has 5 rings (SSSR count). The molecule has 0 unspecified atom stereocenters. The van der Waals surface area contributed by atoms with E-state index in [9.17, 15) is 0 Å². The number of azo groups is 3. The van der Waals surface area contributed by atoms with Crippen molar-refractivity contribution in [2.24, 2.45) is 30.7 Å². The van der Waals surface area contributed by atoms with Crippen molar-refractivity contribution in [1.29, 1.82) is 0 Å². The SMILES string of the molecule is Cc1cc(N=Nc2ccc(N3CCCC3)s2)ccc1N=Nc1ccc(N=Nc2nc(C(C)C)ns2)c(C)c1. The maximum absolute atomic E-state index is 4.45. The number of thiophene rings is 1. The molecule has 194 valence electrons. The van der Waals surface area contributed by atoms with Gasteiger partial charge in [0.25, 0.3) is 0 Å². The molecule has 1 saturated heterocycles. The minimum absolute atomic E-state index is 0.269. The summed E-state index contributed by atoms with van der Waals surface area (Å²) in [5.74, 6) is 1.06. The molecule has 0 aliphatic carbocycles. The molecule has 0 bridgehead atoms. The van der Waals surface area contributed by atoms with E-state index in [0.29, 0.717) is 5.13 Å². The molecular weight excluding hydrogens is 514 g/mol. The number of rotatable bonds is 8. The van der Waals surface area contributed by atoms with E-state index in [4.69, 9.17) is 0 Å². The van der Waals surface area contributed by atoms with Crippen molar-refractivity contribution < 1.29 is 0 Å². The molecule has 3 heterocycles. The van der Waals surface area contributed by atoms with Crippen LogP contribution >= 0.6 is 22.9 Å². The zero-order valence-electron chi connectivity index (χ0n) is 21.9. The van der Waals surface area contributed by atoms with E-state index in [2.05, 4.69) is 64.9 Å². The predicted octanol–water partition coefficient (Wildman–Crippen LogP) is 10.2. The highest BCUT2D eigenvalue weighted by atomic mass is 32.1. The van der Waals surface area contributed by atoms with Gasteiger partial charge in [-0.1, -0.05) is 25.2 Å². The molecule has 9 nitrogen and oxygen atoms in total. The molecule has 1 aliphatic heterocycles. The fourth-order valence-electron chi connectivity index (χ4n) is 3.92. The lowest BCUT2D eigenvalue weighted by Crippen LogP contribution is -2.15. The number of nitrogens with zero attached hydrogens (tertiary/aromatic N) is 9. The number of hydrogen-bond donors (Lipinski definition) is 0. The van der Waals surface area contributed by atoms with E-state index in [1.807, 2.05) is 56.3 Å². The van der Waals surface area contributed by atoms with E-state index in [0.717, 1.165) is 57.8 Å². The summed E-state index contributed by atoms with van der Waals surface area (Å²) in [6, 6.07) is 15.7. The van der Waals surface area contributed by atoms with Gasteiger partial charge in [-0.3, -0.25) is 0 Å². The first-order chi connectivity index (χ1) is 18.4. The van der Waals surface area contributed by atoms with Crippen LogP contribution in [0.1, 0.15) is 49.6 Å². The largest absolute Gasteiger partial charge is 0.363 e. The van der Waals surface area contributed by atoms with Gasteiger partial charge in [0.1, 0.15) is 10.8 Å². The first kappa shape index (κ1) is 25.9. The number of anilines is 1. The van der Waals surface area contributed by atoms with Crippen molar-refractivity contribution in [1.82, 2.24) is 9.36 Å². The second kappa shape index (κ2) is 11.8. The van der Waals surface area contributed by atoms with E-state index >= 15 is 0 Å². The Balaban J connectivity index is 1.22. The third-order valence-corrected chi connectivity index (χ3v) is 7.73. The van der Waals surface area contributed by atoms with Crippen LogP contribution in [0.15, 0.2) is 79.2 Å². The lowest BCUT2D eigenvalue weighted by Gasteiger charge is -2.13. The van der Waals surface area contributed by atoms with E-state index in [-0.39, 0.29) is 5.92 Å². The van der Waals surface area contributed by atoms with Crippen LogP contribution in [0.25, 0.3) is 0 Å². The molecule has 0 N–H and O–H groups in total. The fourth-order valence-corrected chi connectivity index (χ4v) is 5.44. The van der Waals surface area contributed by atoms with Gasteiger partial charge in [0.15, 0.2) is 0 Å². The van der Waals surface area contributed by atoms with Crippen molar-refractivity contribution in [3.05, 3.63) is 65.5 Å². The highest BCUT2D eigenvalue weighted by Gasteiger charge is 2.14. The second-order valence-electron chi connectivity index (χ2n) is 9.44. The molecular formula is C27H29N9S2. The molecule has 38 heavy (non-hydrogen) atoms. The second-order valence-corrected chi connectivity index (χ2v) is 11.2. The highest BCUT2D eigenvalue weighted by molar-refractivity contribution is 7.19. The summed E-state index contributed by atoms with van der Waals surface area (Å²) in [5.41, 5.74) is 5.01. The minimum Gasteiger partial charge on any atom is -0.363 e. The lowest BCUT2D eigenvalue weighted by molar-refractivity contribution is 0.798. The topological polar surface area (TPSA) is 103 Å². The van der Waals surface area contributed by atoms with Crippen LogP contribution in [0.5, 0.6) is 0 Å². The van der Waals surface area contributed by atoms with Crippen molar-refractivity contribution in [2.45, 2.75) is 46.5 Å². The zero-order valence-corrected chi connectivity index (χ0v) is 23.5. The van der Waals surface area contributed by atoms with Crippen molar-refractivity contribution >= 4 is 60.8 Å². The standard InChI is InChI=1S/C27H29N9S2/c1-17(2)26-28-27(38-35-26)34-32-23-10-7-20(15-19(23)4)29-31-22-9-8-21(16-18(22)3)30-33-24-11-12-25(37-24)36-13-5-6-14-36/h7-12,15-17H,5-6,13-14H2,1-4H3. The van der Waals surface area contributed by atoms with Gasteiger partial charge >= 0.3 is 0 Å². The highest BCUT2D eigenvalue weighted by Crippen LogP contribution is 2.35. The summed E-state index contributed by atoms with van der Waals surface area (Å²) >= 11 is 2.93. The van der Waals surface area contributed by atoms with Crippen molar-refractivity contribution in [2.75, 3.05) is 18.0 Å². The Hall–Kier alpha value is -3.70. The normalized spacial score (nSPS) is 14.3. The Bertz CT molecular complexity index is 1490. The van der Waals surface area contributed by atoms with Gasteiger partial charge in [0.2, 0.25) is 5.13 Å². The smallest absolute Gasteiger partial charge is 0.249 e. The fraction of sp³-hybridized carbons (Fsp3) is 0.333. The quantitative estimate of drug-likeness (QED) is 0.206. The molecule has 2 aromatic carbocycles. The molecule has 11 heteroatoms. The predicted molar refractivity (Wildman–Crippen MR) is 155 cm³/mol. The van der Waals surface area contributed by atoms with Crippen LogP contribution in [0, 0.1) is 13.8 Å². The van der Waals surface area contributed by atoms with Gasteiger partial charge in [-0.15, -0.1) is 20.5 Å². The summed E-state index contributed by atoms with van der Waals surface area (Å²) in [4.78, 5) is 6.80. The summed E-state index contributed by atoms with van der Waals surface area (Å²) in [7, 11) is 0. The maximum atomic E-state index is 4.45. The van der Waals surface area contributed by atoms with Crippen LogP contribution in [0.2, 0.25) is 0 Å². The van der Waals surface area contributed by atoms with Gasteiger partial charge in [-0.2, -0.15) is 19.6 Å². The van der Waals surface area contributed by atoms with Crippen molar-refractivity contribution in [3.8, 4) is 0 Å². The molecule has 0 amide bonds. The Morgan fingerprint density at radius 2 is 1.39 bits per heavy atom. The maximum Gasteiger partial charge on any atom is 0.249 e. The van der Waals surface area contributed by atoms with E-state index in [1.165, 1.54) is 29.4 Å². The molecule has 0 atom stereocenters. The third kappa shape index (κ3) is 6.40. The number of benzene rings is 2. The van der Waals surface area contributed by atoms with Crippen LogP contribution in [0.3, 0.4) is 0 Å². The summed E-state index contributed by atoms with van der Waals surface area (Å²) in [6.07, 6.45) is 2.53. The average Bonchev–Trinajstić information content (AvgIpc) is 3.68. The first-order valence-electron chi connectivity index (χ1n) is 12.6. The number of aryl methyl sites for hydroxylation is 2. The molecule has 0 radical (unpaired) electrons. The zero-order chi connectivity index (χ0) is 26.5.